The minimum atomic E-state index is -0.410. The average molecular weight is 235 g/mol. The highest BCUT2D eigenvalue weighted by molar-refractivity contribution is 5.77. The Hall–Kier alpha value is -1.55. The molecule has 0 atom stereocenters. The molecule has 0 aromatic heterocycles. The molecule has 1 N–H and O–H groups in total. The maximum absolute atomic E-state index is 11.6. The van der Waals surface area contributed by atoms with Crippen molar-refractivity contribution in [2.75, 3.05) is 13.7 Å². The first-order valence-corrected chi connectivity index (χ1v) is 5.78. The summed E-state index contributed by atoms with van der Waals surface area (Å²) in [5.74, 6) is 0.614. The lowest BCUT2D eigenvalue weighted by Gasteiger charge is -2.21. The molecule has 1 aliphatic rings. The summed E-state index contributed by atoms with van der Waals surface area (Å²) >= 11 is 0. The number of nitrogens with zero attached hydrogens (tertiary/aromatic N) is 1. The van der Waals surface area contributed by atoms with Gasteiger partial charge in [-0.05, 0) is 30.5 Å². The molecule has 1 aromatic rings. The number of ether oxygens (including phenoxy) is 1. The molecule has 0 radical (unpaired) electrons. The maximum atomic E-state index is 11.6. The van der Waals surface area contributed by atoms with Crippen molar-refractivity contribution < 1.29 is 14.6 Å². The standard InChI is InChI=1S/C13H17NO3/c1-17-12-6-2-10(3-7-12)8-14(11-4-5-11)13(16)9-15/h2-3,6-7,11,15H,4-5,8-9H2,1H3. The molecule has 92 valence electrons. The van der Waals surface area contributed by atoms with Crippen molar-refractivity contribution in [2.45, 2.75) is 25.4 Å². The molecule has 1 amide bonds. The minimum Gasteiger partial charge on any atom is -0.497 e. The summed E-state index contributed by atoms with van der Waals surface area (Å²) < 4.78 is 5.08. The van der Waals surface area contributed by atoms with Crippen LogP contribution in [0.3, 0.4) is 0 Å². The molecule has 0 saturated heterocycles. The lowest BCUT2D eigenvalue weighted by Crippen LogP contribution is -2.34. The number of hydrogen-bond acceptors (Lipinski definition) is 3. The van der Waals surface area contributed by atoms with Crippen molar-refractivity contribution in [3.63, 3.8) is 0 Å². The Morgan fingerprint density at radius 1 is 1.41 bits per heavy atom. The molecule has 0 bridgehead atoms. The van der Waals surface area contributed by atoms with Crippen molar-refractivity contribution in [1.29, 1.82) is 0 Å². The minimum absolute atomic E-state index is 0.191. The number of aliphatic hydroxyl groups excluding tert-OH is 1. The zero-order chi connectivity index (χ0) is 12.3. The molecule has 0 aliphatic heterocycles. The van der Waals surface area contributed by atoms with Crippen LogP contribution in [0.4, 0.5) is 0 Å². The van der Waals surface area contributed by atoms with E-state index >= 15 is 0 Å². The van der Waals surface area contributed by atoms with Gasteiger partial charge < -0.3 is 14.7 Å². The quantitative estimate of drug-likeness (QED) is 0.833. The molecular formula is C13H17NO3. The van der Waals surface area contributed by atoms with E-state index in [4.69, 9.17) is 9.84 Å². The molecule has 0 heterocycles. The summed E-state index contributed by atoms with van der Waals surface area (Å²) in [7, 11) is 1.63. The largest absolute Gasteiger partial charge is 0.497 e. The number of rotatable bonds is 5. The van der Waals surface area contributed by atoms with E-state index in [2.05, 4.69) is 0 Å². The summed E-state index contributed by atoms with van der Waals surface area (Å²) in [5.41, 5.74) is 1.06. The highest BCUT2D eigenvalue weighted by Gasteiger charge is 2.31. The van der Waals surface area contributed by atoms with Gasteiger partial charge in [-0.2, -0.15) is 0 Å². The van der Waals surface area contributed by atoms with Gasteiger partial charge in [0.05, 0.1) is 7.11 Å². The van der Waals surface area contributed by atoms with Gasteiger partial charge in [-0.1, -0.05) is 12.1 Å². The Balaban J connectivity index is 2.03. The van der Waals surface area contributed by atoms with Gasteiger partial charge in [0.2, 0.25) is 5.91 Å². The third-order valence-electron chi connectivity index (χ3n) is 2.96. The van der Waals surface area contributed by atoms with Gasteiger partial charge in [-0.15, -0.1) is 0 Å². The summed E-state index contributed by atoms with van der Waals surface area (Å²) in [6.07, 6.45) is 2.09. The number of amides is 1. The van der Waals surface area contributed by atoms with Gasteiger partial charge in [-0.3, -0.25) is 4.79 Å². The van der Waals surface area contributed by atoms with E-state index in [-0.39, 0.29) is 5.91 Å². The Morgan fingerprint density at radius 3 is 2.53 bits per heavy atom. The van der Waals surface area contributed by atoms with Crippen LogP contribution < -0.4 is 4.74 Å². The van der Waals surface area contributed by atoms with E-state index in [1.807, 2.05) is 24.3 Å². The molecule has 0 spiro atoms. The zero-order valence-corrected chi connectivity index (χ0v) is 9.93. The molecule has 0 unspecified atom stereocenters. The second kappa shape index (κ2) is 5.19. The monoisotopic (exact) mass is 235 g/mol. The Labute approximate surface area is 101 Å². The van der Waals surface area contributed by atoms with Gasteiger partial charge in [0.15, 0.2) is 0 Å². The van der Waals surface area contributed by atoms with E-state index in [1.54, 1.807) is 12.0 Å². The predicted molar refractivity (Wildman–Crippen MR) is 63.7 cm³/mol. The van der Waals surface area contributed by atoms with Crippen molar-refractivity contribution in [1.82, 2.24) is 4.90 Å². The number of methoxy groups -OCH3 is 1. The second-order valence-electron chi connectivity index (χ2n) is 4.26. The predicted octanol–water partition coefficient (Wildman–Crippen LogP) is 1.18. The van der Waals surface area contributed by atoms with Crippen LogP contribution in [0, 0.1) is 0 Å². The van der Waals surface area contributed by atoms with Crippen molar-refractivity contribution in [2.24, 2.45) is 0 Å². The SMILES string of the molecule is COc1ccc(CN(C(=O)CO)C2CC2)cc1. The molecule has 1 saturated carbocycles. The fraction of sp³-hybridized carbons (Fsp3) is 0.462. The molecule has 4 heteroatoms. The summed E-state index contributed by atoms with van der Waals surface area (Å²) in [5, 5.41) is 8.93. The number of benzene rings is 1. The fourth-order valence-electron chi connectivity index (χ4n) is 1.83. The van der Waals surface area contributed by atoms with E-state index < -0.39 is 6.61 Å². The Morgan fingerprint density at radius 2 is 2.06 bits per heavy atom. The molecule has 1 aromatic carbocycles. The molecule has 4 nitrogen and oxygen atoms in total. The molecule has 17 heavy (non-hydrogen) atoms. The van der Waals surface area contributed by atoms with Crippen LogP contribution >= 0.6 is 0 Å². The number of carbonyl (C=O) groups is 1. The van der Waals surface area contributed by atoms with Gasteiger partial charge in [0.25, 0.3) is 0 Å². The van der Waals surface area contributed by atoms with Crippen LogP contribution in [0.1, 0.15) is 18.4 Å². The van der Waals surface area contributed by atoms with Crippen molar-refractivity contribution in [3.05, 3.63) is 29.8 Å². The fourth-order valence-corrected chi connectivity index (χ4v) is 1.83. The van der Waals surface area contributed by atoms with Crippen molar-refractivity contribution >= 4 is 5.91 Å². The highest BCUT2D eigenvalue weighted by Crippen LogP contribution is 2.28. The van der Waals surface area contributed by atoms with Crippen LogP contribution in [0.2, 0.25) is 0 Å². The molecule has 1 fully saturated rings. The van der Waals surface area contributed by atoms with Crippen LogP contribution in [0.5, 0.6) is 5.75 Å². The van der Waals surface area contributed by atoms with E-state index in [9.17, 15) is 4.79 Å². The molecule has 2 rings (SSSR count). The second-order valence-corrected chi connectivity index (χ2v) is 4.26. The van der Waals surface area contributed by atoms with E-state index in [0.29, 0.717) is 12.6 Å². The molecule has 1 aliphatic carbocycles. The van der Waals surface area contributed by atoms with E-state index in [0.717, 1.165) is 24.2 Å². The summed E-state index contributed by atoms with van der Waals surface area (Å²) in [6, 6.07) is 7.96. The van der Waals surface area contributed by atoms with Crippen LogP contribution in [0.25, 0.3) is 0 Å². The van der Waals surface area contributed by atoms with Gasteiger partial charge >= 0.3 is 0 Å². The number of hydrogen-bond donors (Lipinski definition) is 1. The lowest BCUT2D eigenvalue weighted by molar-refractivity contribution is -0.135. The first kappa shape index (κ1) is 11.9. The Kier molecular flexibility index (Phi) is 3.64. The third kappa shape index (κ3) is 2.97. The first-order chi connectivity index (χ1) is 8.24. The Bertz CT molecular complexity index is 384. The average Bonchev–Trinajstić information content (AvgIpc) is 3.20. The van der Waals surface area contributed by atoms with Crippen LogP contribution in [-0.2, 0) is 11.3 Å². The van der Waals surface area contributed by atoms with Gasteiger partial charge in [-0.25, -0.2) is 0 Å². The highest BCUT2D eigenvalue weighted by atomic mass is 16.5. The summed E-state index contributed by atoms with van der Waals surface area (Å²) in [4.78, 5) is 13.3. The van der Waals surface area contributed by atoms with E-state index in [1.165, 1.54) is 0 Å². The topological polar surface area (TPSA) is 49.8 Å². The van der Waals surface area contributed by atoms with Crippen LogP contribution in [0.15, 0.2) is 24.3 Å². The van der Waals surface area contributed by atoms with Gasteiger partial charge in [0.1, 0.15) is 12.4 Å². The number of carbonyl (C=O) groups excluding carboxylic acids is 1. The normalized spacial score (nSPS) is 14.5. The van der Waals surface area contributed by atoms with Gasteiger partial charge in [0, 0.05) is 12.6 Å². The first-order valence-electron chi connectivity index (χ1n) is 5.78. The molecular weight excluding hydrogens is 218 g/mol. The smallest absolute Gasteiger partial charge is 0.248 e. The summed E-state index contributed by atoms with van der Waals surface area (Å²) in [6.45, 7) is 0.153. The van der Waals surface area contributed by atoms with Crippen LogP contribution in [-0.4, -0.2) is 35.7 Å². The maximum Gasteiger partial charge on any atom is 0.248 e. The van der Waals surface area contributed by atoms with Crippen molar-refractivity contribution in [3.8, 4) is 5.75 Å². The zero-order valence-electron chi connectivity index (χ0n) is 9.93. The number of aliphatic hydroxyl groups is 1. The third-order valence-corrected chi connectivity index (χ3v) is 2.96. The lowest BCUT2D eigenvalue weighted by atomic mass is 10.2.